The van der Waals surface area contributed by atoms with Gasteiger partial charge in [-0.2, -0.15) is 5.26 Å². The van der Waals surface area contributed by atoms with E-state index in [2.05, 4.69) is 0 Å². The molecule has 0 fully saturated rings. The number of carbonyl (C=O) groups is 1. The number of fused-ring (bicyclic) bond motifs is 1. The Bertz CT molecular complexity index is 535. The van der Waals surface area contributed by atoms with Crippen molar-refractivity contribution in [2.24, 2.45) is 0 Å². The first-order valence-electron chi connectivity index (χ1n) is 4.76. The number of rotatable bonds is 2. The van der Waals surface area contributed by atoms with E-state index in [1.54, 1.807) is 0 Å². The van der Waals surface area contributed by atoms with E-state index >= 15 is 0 Å². The normalized spacial score (nSPS) is 12.0. The highest BCUT2D eigenvalue weighted by atomic mass is 32.1. The molecule has 3 nitrogen and oxygen atoms in total. The van der Waals surface area contributed by atoms with Crippen molar-refractivity contribution in [2.45, 2.75) is 13.0 Å². The van der Waals surface area contributed by atoms with Gasteiger partial charge in [-0.05, 0) is 17.5 Å². The number of benzene rings is 1. The van der Waals surface area contributed by atoms with E-state index in [0.29, 0.717) is 0 Å². The predicted octanol–water partition coefficient (Wildman–Crippen LogP) is 3.03. The Morgan fingerprint density at radius 2 is 2.25 bits per heavy atom. The molecule has 0 spiro atoms. The second kappa shape index (κ2) is 4.33. The number of hydrogen-bond donors (Lipinski definition) is 0. The van der Waals surface area contributed by atoms with Gasteiger partial charge in [-0.15, -0.1) is 11.3 Å². The van der Waals surface area contributed by atoms with Crippen LogP contribution in [-0.4, -0.2) is 5.97 Å². The molecule has 0 saturated heterocycles. The number of thiophene rings is 1. The summed E-state index contributed by atoms with van der Waals surface area (Å²) < 4.78 is 6.01. The summed E-state index contributed by atoms with van der Waals surface area (Å²) in [7, 11) is 0. The molecule has 4 heteroatoms. The molecule has 2 rings (SSSR count). The maximum absolute atomic E-state index is 10.8. The molecule has 0 aliphatic heterocycles. The van der Waals surface area contributed by atoms with Crippen molar-refractivity contribution in [3.8, 4) is 6.07 Å². The zero-order chi connectivity index (χ0) is 11.5. The van der Waals surface area contributed by atoms with Gasteiger partial charge < -0.3 is 4.74 Å². The second-order valence-corrected chi connectivity index (χ2v) is 4.42. The first kappa shape index (κ1) is 10.7. The number of nitrogens with zero attached hydrogens (tertiary/aromatic N) is 1. The van der Waals surface area contributed by atoms with Crippen molar-refractivity contribution in [1.82, 2.24) is 0 Å². The van der Waals surface area contributed by atoms with Crippen molar-refractivity contribution < 1.29 is 9.53 Å². The lowest BCUT2D eigenvalue weighted by Crippen LogP contribution is -2.04. The minimum atomic E-state index is -0.796. The van der Waals surface area contributed by atoms with Crippen LogP contribution in [-0.2, 0) is 9.53 Å². The molecule has 1 atom stereocenters. The van der Waals surface area contributed by atoms with Crippen LogP contribution in [0.15, 0.2) is 30.3 Å². The summed E-state index contributed by atoms with van der Waals surface area (Å²) in [6, 6.07) is 11.7. The third-order valence-corrected chi connectivity index (χ3v) is 3.26. The van der Waals surface area contributed by atoms with Gasteiger partial charge in [0.05, 0.1) is 4.88 Å². The molecule has 1 heterocycles. The lowest BCUT2D eigenvalue weighted by Gasteiger charge is -2.05. The van der Waals surface area contributed by atoms with Gasteiger partial charge in [-0.25, -0.2) is 0 Å². The van der Waals surface area contributed by atoms with Gasteiger partial charge in [0.25, 0.3) is 0 Å². The largest absolute Gasteiger partial charge is 0.441 e. The summed E-state index contributed by atoms with van der Waals surface area (Å²) in [6.45, 7) is 1.30. The molecule has 0 bridgehead atoms. The van der Waals surface area contributed by atoms with E-state index in [1.165, 1.54) is 18.3 Å². The van der Waals surface area contributed by atoms with E-state index in [-0.39, 0.29) is 0 Å². The van der Waals surface area contributed by atoms with Crippen LogP contribution in [0.25, 0.3) is 10.1 Å². The molecule has 16 heavy (non-hydrogen) atoms. The van der Waals surface area contributed by atoms with E-state index in [9.17, 15) is 4.79 Å². The van der Waals surface area contributed by atoms with E-state index in [1.807, 2.05) is 36.4 Å². The van der Waals surface area contributed by atoms with Gasteiger partial charge >= 0.3 is 5.97 Å². The van der Waals surface area contributed by atoms with Crippen molar-refractivity contribution in [1.29, 1.82) is 5.26 Å². The van der Waals surface area contributed by atoms with Crippen LogP contribution in [0.5, 0.6) is 0 Å². The van der Waals surface area contributed by atoms with Crippen LogP contribution < -0.4 is 0 Å². The molecule has 0 amide bonds. The Hall–Kier alpha value is -1.86. The Morgan fingerprint density at radius 1 is 1.50 bits per heavy atom. The smallest absolute Gasteiger partial charge is 0.304 e. The van der Waals surface area contributed by atoms with E-state index in [4.69, 9.17) is 10.00 Å². The average Bonchev–Trinajstić information content (AvgIpc) is 2.68. The Balaban J connectivity index is 2.38. The molecule has 0 aliphatic carbocycles. The second-order valence-electron chi connectivity index (χ2n) is 3.31. The maximum atomic E-state index is 10.8. The van der Waals surface area contributed by atoms with Gasteiger partial charge in [0.1, 0.15) is 6.07 Å². The molecule has 0 N–H and O–H groups in total. The van der Waals surface area contributed by atoms with E-state index in [0.717, 1.165) is 15.0 Å². The quantitative estimate of drug-likeness (QED) is 0.746. The minimum absolute atomic E-state index is 0.441. The van der Waals surface area contributed by atoms with Gasteiger partial charge in [-0.3, -0.25) is 4.79 Å². The molecule has 0 saturated carbocycles. The average molecular weight is 231 g/mol. The Morgan fingerprint density at radius 3 is 2.88 bits per heavy atom. The molecule has 1 aromatic carbocycles. The first-order chi connectivity index (χ1) is 7.70. The summed E-state index contributed by atoms with van der Waals surface area (Å²) in [6.07, 6.45) is -0.796. The summed E-state index contributed by atoms with van der Waals surface area (Å²) in [4.78, 5) is 11.6. The summed E-state index contributed by atoms with van der Waals surface area (Å²) in [5.41, 5.74) is 0. The monoisotopic (exact) mass is 231 g/mol. The number of hydrogen-bond acceptors (Lipinski definition) is 4. The third-order valence-electron chi connectivity index (χ3n) is 2.10. The fourth-order valence-electron chi connectivity index (χ4n) is 1.45. The van der Waals surface area contributed by atoms with Crippen molar-refractivity contribution in [3.63, 3.8) is 0 Å². The van der Waals surface area contributed by atoms with Gasteiger partial charge in [-0.1, -0.05) is 18.2 Å². The molecule has 2 aromatic rings. The summed E-state index contributed by atoms with van der Waals surface area (Å²) in [5, 5.41) is 10.00. The molecule has 1 aromatic heterocycles. The van der Waals surface area contributed by atoms with Crippen LogP contribution in [0.4, 0.5) is 0 Å². The van der Waals surface area contributed by atoms with Crippen molar-refractivity contribution >= 4 is 27.4 Å². The molecule has 0 unspecified atom stereocenters. The number of carbonyl (C=O) groups excluding carboxylic acids is 1. The summed E-state index contributed by atoms with van der Waals surface area (Å²) in [5.74, 6) is -0.441. The zero-order valence-electron chi connectivity index (χ0n) is 8.64. The van der Waals surface area contributed by atoms with Crippen LogP contribution >= 0.6 is 11.3 Å². The van der Waals surface area contributed by atoms with Crippen LogP contribution in [0.2, 0.25) is 0 Å². The topological polar surface area (TPSA) is 50.1 Å². The third kappa shape index (κ3) is 2.05. The van der Waals surface area contributed by atoms with Crippen LogP contribution in [0.3, 0.4) is 0 Å². The lowest BCUT2D eigenvalue weighted by molar-refractivity contribution is -0.144. The fraction of sp³-hybridized carbons (Fsp3) is 0.167. The van der Waals surface area contributed by atoms with Crippen LogP contribution in [0, 0.1) is 11.3 Å². The number of esters is 1. The van der Waals surface area contributed by atoms with E-state index < -0.39 is 12.1 Å². The fourth-order valence-corrected chi connectivity index (χ4v) is 2.48. The SMILES string of the molecule is CC(=O)O[C@H](C#N)c1cc2ccccc2s1. The summed E-state index contributed by atoms with van der Waals surface area (Å²) >= 11 is 1.47. The highest BCUT2D eigenvalue weighted by Crippen LogP contribution is 2.31. The van der Waals surface area contributed by atoms with Gasteiger partial charge in [0, 0.05) is 11.6 Å². The lowest BCUT2D eigenvalue weighted by atomic mass is 10.2. The molecule has 0 radical (unpaired) electrons. The maximum Gasteiger partial charge on any atom is 0.304 e. The van der Waals surface area contributed by atoms with Crippen molar-refractivity contribution in [2.75, 3.05) is 0 Å². The van der Waals surface area contributed by atoms with Crippen LogP contribution in [0.1, 0.15) is 17.9 Å². The standard InChI is InChI=1S/C12H9NO2S/c1-8(14)15-10(7-13)12-6-9-4-2-3-5-11(9)16-12/h2-6,10H,1H3/t10-/m1/s1. The molecule has 0 aliphatic rings. The van der Waals surface area contributed by atoms with Gasteiger partial charge in [0.15, 0.2) is 0 Å². The highest BCUT2D eigenvalue weighted by molar-refractivity contribution is 7.19. The Labute approximate surface area is 96.9 Å². The molecule has 80 valence electrons. The molecular weight excluding hydrogens is 222 g/mol. The highest BCUT2D eigenvalue weighted by Gasteiger charge is 2.16. The predicted molar refractivity (Wildman–Crippen MR) is 61.9 cm³/mol. The minimum Gasteiger partial charge on any atom is -0.441 e. The van der Waals surface area contributed by atoms with Crippen molar-refractivity contribution in [3.05, 3.63) is 35.2 Å². The number of ether oxygens (including phenoxy) is 1. The zero-order valence-corrected chi connectivity index (χ0v) is 9.45. The van der Waals surface area contributed by atoms with Gasteiger partial charge in [0.2, 0.25) is 6.10 Å². The Kier molecular flexibility index (Phi) is 2.88. The number of nitriles is 1. The molecular formula is C12H9NO2S. The first-order valence-corrected chi connectivity index (χ1v) is 5.57.